The van der Waals surface area contributed by atoms with Crippen molar-refractivity contribution in [3.63, 3.8) is 0 Å². The third-order valence-corrected chi connectivity index (χ3v) is 5.31. The fraction of sp³-hybridized carbons (Fsp3) is 0.615. The molecule has 0 saturated heterocycles. The molecule has 1 heterocycles. The van der Waals surface area contributed by atoms with Gasteiger partial charge in [0.15, 0.2) is 0 Å². The lowest BCUT2D eigenvalue weighted by atomic mass is 9.88. The van der Waals surface area contributed by atoms with Gasteiger partial charge in [-0.3, -0.25) is 4.79 Å². The van der Waals surface area contributed by atoms with Crippen LogP contribution < -0.4 is 10.5 Å². The molecule has 0 atom stereocenters. The number of rotatable bonds is 5. The first-order chi connectivity index (χ1) is 9.79. The summed E-state index contributed by atoms with van der Waals surface area (Å²) in [5.74, 6) is -0.428. The van der Waals surface area contributed by atoms with Gasteiger partial charge in [0.1, 0.15) is 10.6 Å². The molecule has 1 saturated carbocycles. The Bertz CT molecular complexity index is 615. The highest BCUT2D eigenvalue weighted by Crippen LogP contribution is 2.24. The maximum atomic E-state index is 12.2. The first-order valence-corrected chi connectivity index (χ1v) is 8.42. The van der Waals surface area contributed by atoms with Gasteiger partial charge in [0, 0.05) is 19.8 Å². The maximum absolute atomic E-state index is 12.2. The van der Waals surface area contributed by atoms with Gasteiger partial charge in [0.2, 0.25) is 10.0 Å². The van der Waals surface area contributed by atoms with Crippen molar-refractivity contribution in [3.8, 4) is 0 Å². The molecule has 0 bridgehead atoms. The molecule has 0 radical (unpaired) electrons. The summed E-state index contributed by atoms with van der Waals surface area (Å²) in [5.41, 5.74) is 5.33. The van der Waals surface area contributed by atoms with E-state index in [2.05, 4.69) is 4.72 Å². The van der Waals surface area contributed by atoms with E-state index < -0.39 is 15.9 Å². The summed E-state index contributed by atoms with van der Waals surface area (Å²) < 4.78 is 28.4. The molecule has 8 heteroatoms. The van der Waals surface area contributed by atoms with Gasteiger partial charge in [0.25, 0.3) is 5.91 Å². The molecule has 118 valence electrons. The van der Waals surface area contributed by atoms with Crippen LogP contribution in [0.5, 0.6) is 0 Å². The lowest BCUT2D eigenvalue weighted by Gasteiger charge is -2.25. The first kappa shape index (κ1) is 16.0. The van der Waals surface area contributed by atoms with Crippen molar-refractivity contribution in [1.29, 1.82) is 0 Å². The average molecular weight is 315 g/mol. The van der Waals surface area contributed by atoms with Crippen LogP contribution in [0, 0.1) is 5.92 Å². The van der Waals surface area contributed by atoms with Crippen molar-refractivity contribution in [2.75, 3.05) is 6.54 Å². The number of carbonyl (C=O) groups excluding carboxylic acids is 1. The first-order valence-electron chi connectivity index (χ1n) is 6.93. The largest absolute Gasteiger partial charge is 0.393 e. The molecule has 0 spiro atoms. The molecule has 1 aromatic rings. The standard InChI is InChI=1S/C13H21N3O4S/c1-16-8-11(6-12(16)13(14)18)21(19,20)15-7-9-2-4-10(17)5-3-9/h6,8-10,15,17H,2-5,7H2,1H3,(H2,14,18). The second kappa shape index (κ2) is 6.17. The number of aryl methyl sites for hydroxylation is 1. The fourth-order valence-corrected chi connectivity index (χ4v) is 3.77. The maximum Gasteiger partial charge on any atom is 0.265 e. The summed E-state index contributed by atoms with van der Waals surface area (Å²) in [7, 11) is -2.08. The number of aromatic nitrogens is 1. The van der Waals surface area contributed by atoms with E-state index in [9.17, 15) is 18.3 Å². The number of hydrogen-bond donors (Lipinski definition) is 3. The Balaban J connectivity index is 2.02. The fourth-order valence-electron chi connectivity index (χ4n) is 2.59. The average Bonchev–Trinajstić information content (AvgIpc) is 2.81. The summed E-state index contributed by atoms with van der Waals surface area (Å²) >= 11 is 0. The second-order valence-corrected chi connectivity index (χ2v) is 7.33. The number of nitrogens with two attached hydrogens (primary N) is 1. The highest BCUT2D eigenvalue weighted by Gasteiger charge is 2.23. The Morgan fingerprint density at radius 2 is 2.05 bits per heavy atom. The van der Waals surface area contributed by atoms with Crippen LogP contribution in [0.1, 0.15) is 36.2 Å². The van der Waals surface area contributed by atoms with E-state index in [1.54, 1.807) is 7.05 Å². The number of aliphatic hydroxyl groups excluding tert-OH is 1. The molecule has 0 aromatic carbocycles. The number of aliphatic hydroxyl groups is 1. The zero-order valence-electron chi connectivity index (χ0n) is 11.9. The van der Waals surface area contributed by atoms with Crippen molar-refractivity contribution < 1.29 is 18.3 Å². The molecule has 1 aliphatic carbocycles. The molecule has 1 fully saturated rings. The molecular formula is C13H21N3O4S. The zero-order chi connectivity index (χ0) is 15.6. The summed E-state index contributed by atoms with van der Waals surface area (Å²) in [6.07, 6.45) is 4.15. The molecule has 1 aromatic heterocycles. The normalized spacial score (nSPS) is 23.1. The highest BCUT2D eigenvalue weighted by molar-refractivity contribution is 7.89. The lowest BCUT2D eigenvalue weighted by molar-refractivity contribution is 0.0992. The van der Waals surface area contributed by atoms with Gasteiger partial charge in [-0.15, -0.1) is 0 Å². The molecule has 1 amide bonds. The molecule has 2 rings (SSSR count). The summed E-state index contributed by atoms with van der Waals surface area (Å²) in [6, 6.07) is 1.27. The second-order valence-electron chi connectivity index (χ2n) is 5.56. The lowest BCUT2D eigenvalue weighted by Crippen LogP contribution is -2.32. The Morgan fingerprint density at radius 1 is 1.43 bits per heavy atom. The number of hydrogen-bond acceptors (Lipinski definition) is 4. The van der Waals surface area contributed by atoms with Crippen LogP contribution in [-0.4, -0.2) is 36.6 Å². The van der Waals surface area contributed by atoms with Crippen LogP contribution in [0.4, 0.5) is 0 Å². The monoisotopic (exact) mass is 315 g/mol. The minimum Gasteiger partial charge on any atom is -0.393 e. The number of nitrogens with one attached hydrogen (secondary N) is 1. The zero-order valence-corrected chi connectivity index (χ0v) is 12.8. The van der Waals surface area contributed by atoms with Crippen molar-refractivity contribution in [1.82, 2.24) is 9.29 Å². The van der Waals surface area contributed by atoms with Crippen LogP contribution in [-0.2, 0) is 17.1 Å². The van der Waals surface area contributed by atoms with Gasteiger partial charge in [-0.05, 0) is 37.7 Å². The van der Waals surface area contributed by atoms with Crippen LogP contribution in [0.25, 0.3) is 0 Å². The predicted molar refractivity (Wildman–Crippen MR) is 77.1 cm³/mol. The van der Waals surface area contributed by atoms with E-state index >= 15 is 0 Å². The Kier molecular flexibility index (Phi) is 4.70. The van der Waals surface area contributed by atoms with E-state index in [4.69, 9.17) is 5.73 Å². The molecule has 1 aliphatic rings. The Hall–Kier alpha value is -1.38. The van der Waals surface area contributed by atoms with Crippen LogP contribution in [0.2, 0.25) is 0 Å². The number of amides is 1. The molecule has 7 nitrogen and oxygen atoms in total. The van der Waals surface area contributed by atoms with E-state index in [1.807, 2.05) is 0 Å². The summed E-state index contributed by atoms with van der Waals surface area (Å²) in [6.45, 7) is 0.343. The van der Waals surface area contributed by atoms with Crippen molar-refractivity contribution in [3.05, 3.63) is 18.0 Å². The molecule has 0 aliphatic heterocycles. The third kappa shape index (κ3) is 3.84. The van der Waals surface area contributed by atoms with Gasteiger partial charge in [-0.1, -0.05) is 0 Å². The molecular weight excluding hydrogens is 294 g/mol. The highest BCUT2D eigenvalue weighted by atomic mass is 32.2. The van der Waals surface area contributed by atoms with Crippen molar-refractivity contribution >= 4 is 15.9 Å². The molecule has 4 N–H and O–H groups in total. The number of sulfonamides is 1. The summed E-state index contributed by atoms with van der Waals surface area (Å²) in [5, 5.41) is 9.43. The topological polar surface area (TPSA) is 114 Å². The predicted octanol–water partition coefficient (Wildman–Crippen LogP) is -0.0466. The molecule has 0 unspecified atom stereocenters. The van der Waals surface area contributed by atoms with E-state index in [0.29, 0.717) is 19.4 Å². The van der Waals surface area contributed by atoms with E-state index in [-0.39, 0.29) is 22.6 Å². The van der Waals surface area contributed by atoms with Gasteiger partial charge >= 0.3 is 0 Å². The Morgan fingerprint density at radius 3 is 2.57 bits per heavy atom. The summed E-state index contributed by atoms with van der Waals surface area (Å²) in [4.78, 5) is 11.2. The van der Waals surface area contributed by atoms with Gasteiger partial charge in [-0.2, -0.15) is 0 Å². The quantitative estimate of drug-likeness (QED) is 0.707. The Labute approximate surface area is 124 Å². The van der Waals surface area contributed by atoms with Gasteiger partial charge < -0.3 is 15.4 Å². The van der Waals surface area contributed by atoms with Crippen molar-refractivity contribution in [2.24, 2.45) is 18.7 Å². The van der Waals surface area contributed by atoms with Crippen molar-refractivity contribution in [2.45, 2.75) is 36.7 Å². The molecule has 21 heavy (non-hydrogen) atoms. The van der Waals surface area contributed by atoms with Crippen LogP contribution >= 0.6 is 0 Å². The number of nitrogens with zero attached hydrogens (tertiary/aromatic N) is 1. The van der Waals surface area contributed by atoms with Gasteiger partial charge in [0.05, 0.1) is 6.10 Å². The minimum atomic E-state index is -3.65. The SMILES string of the molecule is Cn1cc(S(=O)(=O)NCC2CCC(O)CC2)cc1C(N)=O. The van der Waals surface area contributed by atoms with E-state index in [1.165, 1.54) is 16.8 Å². The number of carbonyl (C=O) groups is 1. The van der Waals surface area contributed by atoms with Crippen LogP contribution in [0.3, 0.4) is 0 Å². The third-order valence-electron chi connectivity index (χ3n) is 3.92. The van der Waals surface area contributed by atoms with Crippen LogP contribution in [0.15, 0.2) is 17.2 Å². The van der Waals surface area contributed by atoms with E-state index in [0.717, 1.165) is 12.8 Å². The minimum absolute atomic E-state index is 0.0367. The smallest absolute Gasteiger partial charge is 0.265 e. The van der Waals surface area contributed by atoms with Gasteiger partial charge in [-0.25, -0.2) is 13.1 Å². The number of primary amides is 1.